The van der Waals surface area contributed by atoms with Crippen LogP contribution in [0, 0.1) is 11.8 Å². The molecule has 2 aliphatic heterocycles. The lowest BCUT2D eigenvalue weighted by Crippen LogP contribution is -2.49. The van der Waals surface area contributed by atoms with E-state index in [0.717, 1.165) is 42.3 Å². The van der Waals surface area contributed by atoms with Gasteiger partial charge in [0.05, 0.1) is 48.9 Å². The first kappa shape index (κ1) is 32.1. The highest BCUT2D eigenvalue weighted by molar-refractivity contribution is 6.07. The number of carboxylic acid groups (broad SMARTS) is 2. The van der Waals surface area contributed by atoms with E-state index in [2.05, 4.69) is 15.9 Å². The fraction of sp³-hybridized carbons (Fsp3) is 0.567. The van der Waals surface area contributed by atoms with Gasteiger partial charge >= 0.3 is 11.9 Å². The highest BCUT2D eigenvalue weighted by Gasteiger charge is 2.52. The Morgan fingerprint density at radius 3 is 1.88 bits per heavy atom. The first-order valence-electron chi connectivity index (χ1n) is 14.6. The van der Waals surface area contributed by atoms with E-state index in [-0.39, 0.29) is 31.7 Å². The van der Waals surface area contributed by atoms with Gasteiger partial charge in [0.15, 0.2) is 5.78 Å². The lowest BCUT2D eigenvalue weighted by Gasteiger charge is -2.36. The van der Waals surface area contributed by atoms with Gasteiger partial charge in [-0.05, 0) is 50.7 Å². The third kappa shape index (κ3) is 8.39. The zero-order valence-corrected chi connectivity index (χ0v) is 23.9. The minimum atomic E-state index is -1.26. The summed E-state index contributed by atoms with van der Waals surface area (Å²) in [7, 11) is 0. The van der Waals surface area contributed by atoms with Crippen molar-refractivity contribution in [1.29, 1.82) is 0 Å². The molecule has 4 fully saturated rings. The normalized spacial score (nSPS) is 26.3. The van der Waals surface area contributed by atoms with Crippen molar-refractivity contribution >= 4 is 35.2 Å². The number of aliphatic hydroxyl groups is 2. The average Bonchev–Trinajstić information content (AvgIpc) is 3.56. The Hall–Kier alpha value is -3.81. The van der Waals surface area contributed by atoms with Crippen LogP contribution in [0.4, 0.5) is 5.69 Å². The molecule has 2 saturated heterocycles. The summed E-state index contributed by atoms with van der Waals surface area (Å²) in [6.45, 7) is 2.88. The summed E-state index contributed by atoms with van der Waals surface area (Å²) in [5.74, 6) is -3.84. The number of piperazine rings is 1. The Balaban J connectivity index is 0.000000467. The van der Waals surface area contributed by atoms with Crippen molar-refractivity contribution in [3.8, 4) is 5.75 Å². The summed E-state index contributed by atoms with van der Waals surface area (Å²) in [5, 5.41) is 35.4. The number of aliphatic carboxylic acids is 2. The number of imide groups is 1. The predicted molar refractivity (Wildman–Crippen MR) is 152 cm³/mol. The number of fused-ring (bicyclic) bond motifs is 1. The van der Waals surface area contributed by atoms with E-state index in [4.69, 9.17) is 14.9 Å². The molecular formula is C30H39N3O10. The lowest BCUT2D eigenvalue weighted by atomic mass is 9.78. The van der Waals surface area contributed by atoms with E-state index in [9.17, 15) is 34.2 Å². The molecule has 4 N–H and O–H groups in total. The van der Waals surface area contributed by atoms with E-state index in [1.54, 1.807) is 0 Å². The van der Waals surface area contributed by atoms with E-state index in [1.807, 2.05) is 18.2 Å². The first-order valence-corrected chi connectivity index (χ1v) is 14.6. The second-order valence-corrected chi connectivity index (χ2v) is 11.4. The maximum absolute atomic E-state index is 12.8. The van der Waals surface area contributed by atoms with Crippen LogP contribution in [-0.4, -0.2) is 117 Å². The number of likely N-dealkylation sites (tertiary alicyclic amines) is 1. The summed E-state index contributed by atoms with van der Waals surface area (Å²) in [6.07, 6.45) is 4.18. The molecule has 43 heavy (non-hydrogen) atoms. The molecule has 13 heteroatoms. The Labute approximate surface area is 249 Å². The Bertz CT molecular complexity index is 1180. The zero-order valence-electron chi connectivity index (χ0n) is 23.9. The summed E-state index contributed by atoms with van der Waals surface area (Å²) >= 11 is 0. The molecule has 2 aliphatic carbocycles. The molecule has 4 unspecified atom stereocenters. The molecule has 0 bridgehead atoms. The van der Waals surface area contributed by atoms with Gasteiger partial charge in [-0.2, -0.15) is 0 Å². The molecule has 1 aromatic rings. The van der Waals surface area contributed by atoms with Crippen LogP contribution in [0.5, 0.6) is 5.75 Å². The second kappa shape index (κ2) is 14.6. The molecule has 2 amide bonds. The first-order chi connectivity index (χ1) is 20.5. The fourth-order valence-corrected chi connectivity index (χ4v) is 6.14. The van der Waals surface area contributed by atoms with E-state index in [1.165, 1.54) is 12.8 Å². The number of nitrogens with zero attached hydrogens (tertiary/aromatic N) is 3. The number of ketones is 1. The van der Waals surface area contributed by atoms with Gasteiger partial charge in [-0.3, -0.25) is 24.2 Å². The minimum absolute atomic E-state index is 0.0645. The van der Waals surface area contributed by atoms with Crippen molar-refractivity contribution in [2.24, 2.45) is 11.8 Å². The molecular weight excluding hydrogens is 562 g/mol. The third-order valence-electron chi connectivity index (χ3n) is 8.36. The maximum atomic E-state index is 12.8. The second-order valence-electron chi connectivity index (χ2n) is 11.4. The van der Waals surface area contributed by atoms with Crippen LogP contribution < -0.4 is 9.64 Å². The number of para-hydroxylation sites is 2. The van der Waals surface area contributed by atoms with E-state index in [0.29, 0.717) is 31.3 Å². The van der Waals surface area contributed by atoms with Crippen LogP contribution >= 0.6 is 0 Å². The molecule has 4 aliphatic rings. The number of hydrogen-bond acceptors (Lipinski definition) is 10. The quantitative estimate of drug-likeness (QED) is 0.228. The third-order valence-corrected chi connectivity index (χ3v) is 8.36. The van der Waals surface area contributed by atoms with Gasteiger partial charge in [0.1, 0.15) is 5.75 Å². The lowest BCUT2D eigenvalue weighted by molar-refractivity contribution is -0.143. The number of Topliss-reactive ketones (excluding diaryl/α,β-unsaturated/α-hetero) is 1. The number of carbonyl (C=O) groups is 5. The predicted octanol–water partition coefficient (Wildman–Crippen LogP) is 0.528. The fourth-order valence-electron chi connectivity index (χ4n) is 6.14. The molecule has 13 nitrogen and oxygen atoms in total. The number of hydrogen-bond donors (Lipinski definition) is 4. The van der Waals surface area contributed by atoms with Crippen molar-refractivity contribution < 1.29 is 49.1 Å². The maximum Gasteiger partial charge on any atom is 0.328 e. The summed E-state index contributed by atoms with van der Waals surface area (Å²) in [5.41, 5.74) is 1.09. The van der Waals surface area contributed by atoms with Crippen LogP contribution in [0.2, 0.25) is 0 Å². The van der Waals surface area contributed by atoms with Gasteiger partial charge in [-0.15, -0.1) is 0 Å². The van der Waals surface area contributed by atoms with Crippen molar-refractivity contribution in [3.63, 3.8) is 0 Å². The Morgan fingerprint density at radius 1 is 0.814 bits per heavy atom. The van der Waals surface area contributed by atoms with Crippen molar-refractivity contribution in [1.82, 2.24) is 9.80 Å². The summed E-state index contributed by atoms with van der Waals surface area (Å²) in [4.78, 5) is 62.7. The van der Waals surface area contributed by atoms with Crippen LogP contribution in [0.1, 0.15) is 38.5 Å². The van der Waals surface area contributed by atoms with Crippen molar-refractivity contribution in [2.45, 2.75) is 56.8 Å². The van der Waals surface area contributed by atoms with Crippen LogP contribution in [0.15, 0.2) is 36.4 Å². The monoisotopic (exact) mass is 601 g/mol. The molecule has 0 aromatic heterocycles. The van der Waals surface area contributed by atoms with Crippen LogP contribution in [0.3, 0.4) is 0 Å². The molecule has 4 atom stereocenters. The number of carboxylic acids is 2. The highest BCUT2D eigenvalue weighted by Crippen LogP contribution is 2.38. The van der Waals surface area contributed by atoms with Gasteiger partial charge in [-0.25, -0.2) is 9.59 Å². The van der Waals surface area contributed by atoms with Crippen LogP contribution in [0.25, 0.3) is 0 Å². The largest absolute Gasteiger partial charge is 0.488 e. The molecule has 5 rings (SSSR count). The SMILES string of the molecule is O=C(CN1CCN(c2ccccc2OC2CCCC2)CC1)CN1C(=O)C2CC(O)C(O)CC2C1=O.O=C(O)C=CC(=O)O. The number of ether oxygens (including phenoxy) is 1. The number of benzene rings is 1. The standard InChI is InChI=1S/C26H35N3O6.C4H4O4/c30-17(16-29-25(33)19-13-22(31)23(32)14-20(19)26(29)34)15-27-9-11-28(12-10-27)21-7-3-4-8-24(21)35-18-5-1-2-6-18;5-3(6)1-2-4(7)8/h3-4,7-8,18-20,22-23,31-32H,1-2,5-6,9-16H2;1-2H,(H,5,6)(H,7,8). The number of aliphatic hydroxyl groups excluding tert-OH is 2. The molecule has 2 heterocycles. The van der Waals surface area contributed by atoms with Crippen molar-refractivity contribution in [3.05, 3.63) is 36.4 Å². The highest BCUT2D eigenvalue weighted by atomic mass is 16.5. The van der Waals surface area contributed by atoms with Gasteiger partial charge in [0.25, 0.3) is 0 Å². The minimum Gasteiger partial charge on any atom is -0.488 e. The number of rotatable bonds is 9. The molecule has 0 spiro atoms. The molecule has 2 saturated carbocycles. The number of amides is 2. The zero-order chi connectivity index (χ0) is 31.1. The molecule has 1 aromatic carbocycles. The topological polar surface area (TPSA) is 185 Å². The summed E-state index contributed by atoms with van der Waals surface area (Å²) < 4.78 is 6.29. The van der Waals surface area contributed by atoms with Gasteiger partial charge in [0, 0.05) is 38.3 Å². The van der Waals surface area contributed by atoms with Gasteiger partial charge in [-0.1, -0.05) is 12.1 Å². The molecule has 0 radical (unpaired) electrons. The summed E-state index contributed by atoms with van der Waals surface area (Å²) in [6, 6.07) is 8.14. The van der Waals surface area contributed by atoms with Crippen LogP contribution in [-0.2, 0) is 24.0 Å². The van der Waals surface area contributed by atoms with Gasteiger partial charge in [0.2, 0.25) is 11.8 Å². The number of anilines is 1. The number of carbonyl (C=O) groups excluding carboxylic acids is 3. The Kier molecular flexibility index (Phi) is 10.9. The molecule has 234 valence electrons. The van der Waals surface area contributed by atoms with E-state index >= 15 is 0 Å². The van der Waals surface area contributed by atoms with Gasteiger partial charge < -0.3 is 30.1 Å². The van der Waals surface area contributed by atoms with Crippen molar-refractivity contribution in [2.75, 3.05) is 44.2 Å². The average molecular weight is 602 g/mol. The van der Waals surface area contributed by atoms with E-state index < -0.39 is 47.8 Å². The smallest absolute Gasteiger partial charge is 0.328 e. The Morgan fingerprint density at radius 2 is 1.35 bits per heavy atom.